The van der Waals surface area contributed by atoms with Gasteiger partial charge in [0.05, 0.1) is 25.1 Å². The first-order chi connectivity index (χ1) is 13.0. The zero-order chi connectivity index (χ0) is 19.4. The standard InChI is InChI=1S/C21H28NO4P/c1-4-25-27(24,26-5-2)15-18-7-6-14-22-19(18)12-13-20(22)21(23)17-10-8-16(3)9-11-17/h8-13,18H,4-7,14-15H2,1-3H3. The Morgan fingerprint density at radius 2 is 1.78 bits per heavy atom. The monoisotopic (exact) mass is 389 g/mol. The lowest BCUT2D eigenvalue weighted by Gasteiger charge is -2.28. The molecule has 0 saturated carbocycles. The molecule has 27 heavy (non-hydrogen) atoms. The first-order valence-corrected chi connectivity index (χ1v) is 11.4. The maximum absolute atomic E-state index is 13.0. The van der Waals surface area contributed by atoms with Crippen molar-refractivity contribution in [1.82, 2.24) is 4.57 Å². The van der Waals surface area contributed by atoms with Gasteiger partial charge in [-0.05, 0) is 45.7 Å². The van der Waals surface area contributed by atoms with E-state index in [1.54, 1.807) is 0 Å². The van der Waals surface area contributed by atoms with Crippen LogP contribution in [0.25, 0.3) is 0 Å². The zero-order valence-corrected chi connectivity index (χ0v) is 17.2. The van der Waals surface area contributed by atoms with Crippen LogP contribution in [0, 0.1) is 6.92 Å². The SMILES string of the molecule is CCOP(=O)(CC1CCCn2c(C(=O)c3ccc(C)cc3)ccc21)OCC. The molecular formula is C21H28NO4P. The minimum atomic E-state index is -3.12. The number of fused-ring (bicyclic) bond motifs is 1. The molecule has 3 rings (SSSR count). The Balaban J connectivity index is 1.86. The number of carbonyl (C=O) groups excluding carboxylic acids is 1. The number of hydrogen-bond donors (Lipinski definition) is 0. The summed E-state index contributed by atoms with van der Waals surface area (Å²) in [6.07, 6.45) is 2.22. The molecule has 0 saturated heterocycles. The van der Waals surface area contributed by atoms with Gasteiger partial charge in [-0.1, -0.05) is 29.8 Å². The third-order valence-corrected chi connectivity index (χ3v) is 7.20. The van der Waals surface area contributed by atoms with Gasteiger partial charge >= 0.3 is 7.60 Å². The molecule has 1 aliphatic heterocycles. The molecule has 1 aromatic carbocycles. The second kappa shape index (κ2) is 8.55. The van der Waals surface area contributed by atoms with Crippen molar-refractivity contribution in [2.75, 3.05) is 19.4 Å². The van der Waals surface area contributed by atoms with Crippen LogP contribution in [0.5, 0.6) is 0 Å². The van der Waals surface area contributed by atoms with Crippen LogP contribution in [0.4, 0.5) is 0 Å². The predicted molar refractivity (Wildman–Crippen MR) is 107 cm³/mol. The van der Waals surface area contributed by atoms with Crippen LogP contribution in [0.3, 0.4) is 0 Å². The molecule has 6 heteroatoms. The van der Waals surface area contributed by atoms with Crippen LogP contribution >= 0.6 is 7.60 Å². The number of aromatic nitrogens is 1. The van der Waals surface area contributed by atoms with E-state index in [1.807, 2.05) is 57.2 Å². The fraction of sp³-hybridized carbons (Fsp3) is 0.476. The van der Waals surface area contributed by atoms with Gasteiger partial charge in [0.15, 0.2) is 0 Å². The summed E-state index contributed by atoms with van der Waals surface area (Å²) in [5.74, 6) is 0.0990. The number of ketones is 1. The van der Waals surface area contributed by atoms with E-state index in [9.17, 15) is 9.36 Å². The van der Waals surface area contributed by atoms with E-state index in [0.29, 0.717) is 30.6 Å². The highest BCUT2D eigenvalue weighted by Gasteiger charge is 2.33. The summed E-state index contributed by atoms with van der Waals surface area (Å²) >= 11 is 0. The Labute approximate surface area is 161 Å². The van der Waals surface area contributed by atoms with Crippen molar-refractivity contribution in [3.05, 3.63) is 58.9 Å². The van der Waals surface area contributed by atoms with Crippen molar-refractivity contribution in [1.29, 1.82) is 0 Å². The molecule has 0 N–H and O–H groups in total. The third-order valence-electron chi connectivity index (χ3n) is 5.01. The van der Waals surface area contributed by atoms with Crippen LogP contribution in [-0.2, 0) is 20.2 Å². The molecule has 0 bridgehead atoms. The minimum absolute atomic E-state index is 0.0275. The van der Waals surface area contributed by atoms with Crippen molar-refractivity contribution >= 4 is 13.4 Å². The van der Waals surface area contributed by atoms with Crippen LogP contribution < -0.4 is 0 Å². The molecule has 1 aromatic heterocycles. The molecule has 0 spiro atoms. The Bertz CT molecular complexity index is 830. The first kappa shape index (κ1) is 20.1. The fourth-order valence-electron chi connectivity index (χ4n) is 3.77. The summed E-state index contributed by atoms with van der Waals surface area (Å²) in [5.41, 5.74) is 3.57. The van der Waals surface area contributed by atoms with E-state index < -0.39 is 7.60 Å². The normalized spacial score (nSPS) is 16.9. The lowest BCUT2D eigenvalue weighted by atomic mass is 9.98. The molecule has 146 valence electrons. The van der Waals surface area contributed by atoms with Crippen LogP contribution in [0.15, 0.2) is 36.4 Å². The van der Waals surface area contributed by atoms with E-state index in [0.717, 1.165) is 30.6 Å². The minimum Gasteiger partial charge on any atom is -0.342 e. The predicted octanol–water partition coefficient (Wildman–Crippen LogP) is 5.17. The number of carbonyl (C=O) groups is 1. The van der Waals surface area contributed by atoms with Crippen LogP contribution in [0.2, 0.25) is 0 Å². The Morgan fingerprint density at radius 1 is 1.11 bits per heavy atom. The van der Waals surface area contributed by atoms with Gasteiger partial charge in [-0.3, -0.25) is 9.36 Å². The van der Waals surface area contributed by atoms with Crippen LogP contribution in [0.1, 0.15) is 59.9 Å². The summed E-state index contributed by atoms with van der Waals surface area (Å²) in [5, 5.41) is 0. The summed E-state index contributed by atoms with van der Waals surface area (Å²) in [6.45, 7) is 7.19. The highest BCUT2D eigenvalue weighted by atomic mass is 31.2. The Kier molecular flexibility index (Phi) is 6.36. The van der Waals surface area contributed by atoms with E-state index in [1.165, 1.54) is 0 Å². The van der Waals surface area contributed by atoms with E-state index in [4.69, 9.17) is 9.05 Å². The molecule has 5 nitrogen and oxygen atoms in total. The quantitative estimate of drug-likeness (QED) is 0.462. The molecule has 2 aromatic rings. The lowest BCUT2D eigenvalue weighted by Crippen LogP contribution is -2.22. The lowest BCUT2D eigenvalue weighted by molar-refractivity contribution is 0.102. The zero-order valence-electron chi connectivity index (χ0n) is 16.3. The van der Waals surface area contributed by atoms with Gasteiger partial charge in [-0.2, -0.15) is 0 Å². The van der Waals surface area contributed by atoms with E-state index >= 15 is 0 Å². The van der Waals surface area contributed by atoms with Crippen molar-refractivity contribution in [2.24, 2.45) is 0 Å². The number of benzene rings is 1. The topological polar surface area (TPSA) is 57.5 Å². The number of hydrogen-bond acceptors (Lipinski definition) is 4. The second-order valence-corrected chi connectivity index (χ2v) is 9.06. The van der Waals surface area contributed by atoms with Crippen molar-refractivity contribution in [3.8, 4) is 0 Å². The average Bonchev–Trinajstić information content (AvgIpc) is 3.07. The summed E-state index contributed by atoms with van der Waals surface area (Å²) in [6, 6.07) is 11.5. The summed E-state index contributed by atoms with van der Waals surface area (Å²) < 4.78 is 26.0. The number of nitrogens with zero attached hydrogens (tertiary/aromatic N) is 1. The summed E-state index contributed by atoms with van der Waals surface area (Å²) in [4.78, 5) is 13.0. The van der Waals surface area contributed by atoms with Gasteiger partial charge in [0.1, 0.15) is 0 Å². The molecule has 0 radical (unpaired) electrons. The van der Waals surface area contributed by atoms with Gasteiger partial charge in [0.25, 0.3) is 0 Å². The van der Waals surface area contributed by atoms with Crippen molar-refractivity contribution in [2.45, 2.75) is 46.1 Å². The van der Waals surface area contributed by atoms with Gasteiger partial charge in [0, 0.05) is 23.7 Å². The molecule has 1 aliphatic rings. The molecular weight excluding hydrogens is 361 g/mol. The average molecular weight is 389 g/mol. The fourth-order valence-corrected chi connectivity index (χ4v) is 5.76. The largest absolute Gasteiger partial charge is 0.342 e. The van der Waals surface area contributed by atoms with Gasteiger partial charge in [-0.15, -0.1) is 0 Å². The van der Waals surface area contributed by atoms with Crippen LogP contribution in [-0.4, -0.2) is 29.7 Å². The highest BCUT2D eigenvalue weighted by molar-refractivity contribution is 7.53. The number of aryl methyl sites for hydroxylation is 1. The molecule has 0 amide bonds. The smallest absolute Gasteiger partial charge is 0.331 e. The van der Waals surface area contributed by atoms with Crippen molar-refractivity contribution < 1.29 is 18.4 Å². The van der Waals surface area contributed by atoms with Crippen molar-refractivity contribution in [3.63, 3.8) is 0 Å². The molecule has 1 unspecified atom stereocenters. The Morgan fingerprint density at radius 3 is 2.41 bits per heavy atom. The van der Waals surface area contributed by atoms with Gasteiger partial charge in [-0.25, -0.2) is 0 Å². The van der Waals surface area contributed by atoms with Gasteiger partial charge in [0.2, 0.25) is 5.78 Å². The molecule has 0 aliphatic carbocycles. The van der Waals surface area contributed by atoms with E-state index in [-0.39, 0.29) is 11.7 Å². The van der Waals surface area contributed by atoms with Gasteiger partial charge < -0.3 is 13.6 Å². The second-order valence-electron chi connectivity index (χ2n) is 6.96. The number of rotatable bonds is 8. The Hall–Kier alpha value is -1.68. The van der Waals surface area contributed by atoms with E-state index in [2.05, 4.69) is 4.57 Å². The summed E-state index contributed by atoms with van der Waals surface area (Å²) in [7, 11) is -3.12. The molecule has 1 atom stereocenters. The maximum Gasteiger partial charge on any atom is 0.331 e. The molecule has 2 heterocycles. The maximum atomic E-state index is 13.0. The molecule has 0 fully saturated rings. The first-order valence-electron chi connectivity index (χ1n) is 9.66. The third kappa shape index (κ3) is 4.43. The highest BCUT2D eigenvalue weighted by Crippen LogP contribution is 2.52.